The molecule has 9 nitrogen and oxygen atoms in total. The van der Waals surface area contributed by atoms with Crippen LogP contribution in [0.3, 0.4) is 0 Å². The smallest absolute Gasteiger partial charge is 0.434 e. The molecule has 0 saturated heterocycles. The Kier molecular flexibility index (Phi) is 8.20. The Morgan fingerprint density at radius 1 is 1.00 bits per heavy atom. The van der Waals surface area contributed by atoms with E-state index in [-0.39, 0.29) is 61.6 Å². The maximum Gasteiger partial charge on any atom is 0.434 e. The SMILES string of the molecule is O=C(NC1(C(=O)O)C2CC3CC(C2)CC1C3)c1cnc(-c2cn(C3CCC(F)(F)CC3)c3cc(OCc4ccc5c(c4)OCC5)ccc23)nc1C(F)(F)F. The number of benzene rings is 2. The van der Waals surface area contributed by atoms with E-state index in [1.807, 2.05) is 18.2 Å². The van der Waals surface area contributed by atoms with Gasteiger partial charge >= 0.3 is 12.1 Å². The first-order valence-electron chi connectivity index (χ1n) is 18.7. The highest BCUT2D eigenvalue weighted by Gasteiger charge is 2.62. The van der Waals surface area contributed by atoms with Crippen molar-refractivity contribution < 1.29 is 46.1 Å². The second-order valence-corrected chi connectivity index (χ2v) is 15.9. The van der Waals surface area contributed by atoms with Gasteiger partial charge < -0.3 is 24.5 Å². The number of amides is 1. The molecule has 2 aromatic heterocycles. The molecule has 54 heavy (non-hydrogen) atoms. The zero-order valence-corrected chi connectivity index (χ0v) is 29.3. The number of hydrogen-bond acceptors (Lipinski definition) is 6. The summed E-state index contributed by atoms with van der Waals surface area (Å²) >= 11 is 0. The van der Waals surface area contributed by atoms with Crippen LogP contribution in [-0.4, -0.2) is 49.6 Å². The maximum absolute atomic E-state index is 14.8. The normalized spacial score (nSPS) is 27.1. The van der Waals surface area contributed by atoms with Crippen LogP contribution in [0.15, 0.2) is 48.8 Å². The third-order valence-electron chi connectivity index (χ3n) is 12.7. The molecular formula is C40H39F5N4O5. The summed E-state index contributed by atoms with van der Waals surface area (Å²) in [5.41, 5.74) is -1.21. The second-order valence-electron chi connectivity index (χ2n) is 15.9. The molecule has 0 radical (unpaired) electrons. The number of fused-ring (bicyclic) bond motifs is 2. The van der Waals surface area contributed by atoms with Gasteiger partial charge in [-0.25, -0.2) is 23.5 Å². The summed E-state index contributed by atoms with van der Waals surface area (Å²) in [6.45, 7) is 0.846. The summed E-state index contributed by atoms with van der Waals surface area (Å²) in [5.74, 6) is -4.24. The lowest BCUT2D eigenvalue weighted by atomic mass is 9.48. The van der Waals surface area contributed by atoms with Crippen LogP contribution in [0.5, 0.6) is 11.5 Å². The van der Waals surface area contributed by atoms with E-state index in [1.165, 1.54) is 0 Å². The van der Waals surface area contributed by atoms with Crippen LogP contribution < -0.4 is 14.8 Å². The van der Waals surface area contributed by atoms with Crippen molar-refractivity contribution in [1.29, 1.82) is 0 Å². The molecule has 1 aliphatic heterocycles. The Bertz CT molecular complexity index is 2130. The van der Waals surface area contributed by atoms with Crippen molar-refractivity contribution in [3.05, 3.63) is 71.2 Å². The summed E-state index contributed by atoms with van der Waals surface area (Å²) in [6.07, 6.45) is 1.27. The number of carboxylic acid groups (broad SMARTS) is 1. The number of halogens is 5. The summed E-state index contributed by atoms with van der Waals surface area (Å²) in [6, 6.07) is 10.6. The first-order valence-corrected chi connectivity index (χ1v) is 18.7. The van der Waals surface area contributed by atoms with Crippen molar-refractivity contribution in [3.63, 3.8) is 0 Å². The topological polar surface area (TPSA) is 116 Å². The number of hydrogen-bond donors (Lipinski definition) is 2. The number of aromatic nitrogens is 3. The van der Waals surface area contributed by atoms with Gasteiger partial charge in [-0.3, -0.25) is 4.79 Å². The van der Waals surface area contributed by atoms with Gasteiger partial charge in [0.15, 0.2) is 11.5 Å². The van der Waals surface area contributed by atoms with Crippen LogP contribution in [-0.2, 0) is 24.0 Å². The van der Waals surface area contributed by atoms with Gasteiger partial charge in [-0.15, -0.1) is 0 Å². The number of aliphatic carboxylic acids is 1. The molecule has 5 aliphatic carbocycles. The number of alkyl halides is 5. The minimum absolute atomic E-state index is 0.152. The molecule has 4 bridgehead atoms. The molecule has 0 spiro atoms. The van der Waals surface area contributed by atoms with E-state index in [2.05, 4.69) is 15.3 Å². The molecule has 1 amide bonds. The third-order valence-corrected chi connectivity index (χ3v) is 12.7. The van der Waals surface area contributed by atoms with Crippen molar-refractivity contribution in [2.75, 3.05) is 6.61 Å². The van der Waals surface area contributed by atoms with E-state index >= 15 is 0 Å². The molecule has 5 saturated carbocycles. The molecule has 0 unspecified atom stereocenters. The Labute approximate surface area is 307 Å². The molecular weight excluding hydrogens is 711 g/mol. The molecule has 6 aliphatic rings. The molecule has 284 valence electrons. The minimum atomic E-state index is -5.08. The van der Waals surface area contributed by atoms with Gasteiger partial charge in [-0.1, -0.05) is 12.1 Å². The second kappa shape index (κ2) is 12.7. The van der Waals surface area contributed by atoms with Crippen LogP contribution in [0.25, 0.3) is 22.3 Å². The van der Waals surface area contributed by atoms with Crippen LogP contribution in [0, 0.1) is 23.7 Å². The number of ether oxygens (including phenoxy) is 2. The van der Waals surface area contributed by atoms with E-state index in [0.29, 0.717) is 60.8 Å². The summed E-state index contributed by atoms with van der Waals surface area (Å²) in [5, 5.41) is 13.5. The largest absolute Gasteiger partial charge is 0.493 e. The molecule has 3 heterocycles. The molecule has 4 aromatic rings. The number of nitrogens with zero attached hydrogens (tertiary/aromatic N) is 3. The van der Waals surface area contributed by atoms with Crippen LogP contribution in [0.2, 0.25) is 0 Å². The lowest BCUT2D eigenvalue weighted by Gasteiger charge is -2.59. The predicted molar refractivity (Wildman–Crippen MR) is 185 cm³/mol. The van der Waals surface area contributed by atoms with Gasteiger partial charge in [0.25, 0.3) is 5.91 Å². The van der Waals surface area contributed by atoms with Crippen LogP contribution in [0.4, 0.5) is 22.0 Å². The van der Waals surface area contributed by atoms with Crippen molar-refractivity contribution in [3.8, 4) is 22.9 Å². The monoisotopic (exact) mass is 750 g/mol. The highest BCUT2D eigenvalue weighted by atomic mass is 19.4. The van der Waals surface area contributed by atoms with E-state index in [0.717, 1.165) is 35.9 Å². The number of rotatable bonds is 8. The van der Waals surface area contributed by atoms with Crippen molar-refractivity contribution in [2.24, 2.45) is 23.7 Å². The van der Waals surface area contributed by atoms with Gasteiger partial charge in [-0.05, 0) is 97.9 Å². The Morgan fingerprint density at radius 3 is 2.41 bits per heavy atom. The average molecular weight is 751 g/mol. The van der Waals surface area contributed by atoms with Crippen molar-refractivity contribution >= 4 is 22.8 Å². The zero-order chi connectivity index (χ0) is 37.6. The van der Waals surface area contributed by atoms with E-state index in [9.17, 15) is 36.6 Å². The van der Waals surface area contributed by atoms with Gasteiger partial charge in [0.05, 0.1) is 17.7 Å². The fraction of sp³-hybridized carbons (Fsp3) is 0.500. The Hall–Kier alpha value is -4.75. The van der Waals surface area contributed by atoms with Crippen molar-refractivity contribution in [1.82, 2.24) is 19.9 Å². The van der Waals surface area contributed by atoms with Crippen LogP contribution in [0.1, 0.15) is 91.0 Å². The van der Waals surface area contributed by atoms with Crippen LogP contribution >= 0.6 is 0 Å². The highest BCUT2D eigenvalue weighted by molar-refractivity contribution is 6.00. The fourth-order valence-corrected chi connectivity index (χ4v) is 10.3. The Balaban J connectivity index is 1.06. The minimum Gasteiger partial charge on any atom is -0.493 e. The molecule has 14 heteroatoms. The maximum atomic E-state index is 14.8. The predicted octanol–water partition coefficient (Wildman–Crippen LogP) is 8.39. The number of nitrogens with one attached hydrogen (secondary N) is 1. The lowest BCUT2D eigenvalue weighted by molar-refractivity contribution is -0.163. The number of carboxylic acids is 1. The van der Waals surface area contributed by atoms with Gasteiger partial charge in [-0.2, -0.15) is 13.2 Å². The van der Waals surface area contributed by atoms with E-state index in [4.69, 9.17) is 9.47 Å². The zero-order valence-electron chi connectivity index (χ0n) is 29.3. The summed E-state index contributed by atoms with van der Waals surface area (Å²) in [4.78, 5) is 34.8. The van der Waals surface area contributed by atoms with Crippen molar-refractivity contribution in [2.45, 2.75) is 94.5 Å². The first kappa shape index (κ1) is 35.0. The van der Waals surface area contributed by atoms with Gasteiger partial charge in [0.1, 0.15) is 23.6 Å². The number of carbonyl (C=O) groups excluding carboxylic acids is 1. The van der Waals surface area contributed by atoms with Gasteiger partial charge in [0.2, 0.25) is 5.92 Å². The fourth-order valence-electron chi connectivity index (χ4n) is 10.3. The van der Waals surface area contributed by atoms with E-state index < -0.39 is 40.8 Å². The number of carbonyl (C=O) groups is 2. The summed E-state index contributed by atoms with van der Waals surface area (Å²) < 4.78 is 86.3. The molecule has 5 fully saturated rings. The molecule has 2 aromatic carbocycles. The Morgan fingerprint density at radius 2 is 1.72 bits per heavy atom. The summed E-state index contributed by atoms with van der Waals surface area (Å²) in [7, 11) is 0. The molecule has 10 rings (SSSR count). The standard InChI is InChI=1S/C40H39F5N4O5/c41-38(42)8-5-27(6-9-38)49-19-31(29-4-3-28(17-32(29)49)54-20-21-1-2-24-7-10-53-33(24)16-21)35-46-18-30(34(47-35)40(43,44)45)36(50)48-39(37(51)52)25-12-22-11-23(14-25)15-26(39)13-22/h1-4,16-19,22-23,25-27H,5-15,20H2,(H,48,50)(H,51,52). The van der Waals surface area contributed by atoms with Gasteiger partial charge in [0, 0.05) is 54.7 Å². The molecule has 2 N–H and O–H groups in total. The molecule has 0 atom stereocenters. The highest BCUT2D eigenvalue weighted by Crippen LogP contribution is 2.58. The quantitative estimate of drug-likeness (QED) is 0.174. The first-order chi connectivity index (χ1) is 25.8. The average Bonchev–Trinajstić information content (AvgIpc) is 3.76. The lowest BCUT2D eigenvalue weighted by Crippen LogP contribution is -2.70. The third kappa shape index (κ3) is 5.96. The van der Waals surface area contributed by atoms with E-state index in [1.54, 1.807) is 29.0 Å².